The molecule has 5 heteroatoms. The first-order valence-corrected chi connectivity index (χ1v) is 9.91. The summed E-state index contributed by atoms with van der Waals surface area (Å²) < 4.78 is 13.6. The maximum atomic E-state index is 13.6. The second-order valence-corrected chi connectivity index (χ2v) is 7.71. The van der Waals surface area contributed by atoms with Gasteiger partial charge in [-0.1, -0.05) is 48.0 Å². The number of hydrogen-bond acceptors (Lipinski definition) is 1. The molecule has 5 rings (SSSR count). The topological polar surface area (TPSA) is 36.1 Å². The number of hydrogen-bond donors (Lipinski definition) is 1. The summed E-state index contributed by atoms with van der Waals surface area (Å²) in [5, 5.41) is 1.70. The standard InChI is InChI=1S/C24H18ClFN2O/c25-17-5-3-4-16(14-17)24(29)28-13-12-20-19-6-1-2-7-21(19)27-22(20)23(28)15-8-10-18(26)11-9-15/h1-11,14,23,27H,12-13H2/t23-/m1/s1. The number of H-pyrrole nitrogens is 1. The third kappa shape index (κ3) is 3.10. The van der Waals surface area contributed by atoms with Gasteiger partial charge in [-0.15, -0.1) is 0 Å². The van der Waals surface area contributed by atoms with Crippen LogP contribution in [0.15, 0.2) is 72.8 Å². The van der Waals surface area contributed by atoms with E-state index in [0.717, 1.165) is 23.2 Å². The van der Waals surface area contributed by atoms with E-state index in [1.54, 1.807) is 36.4 Å². The van der Waals surface area contributed by atoms with Gasteiger partial charge in [-0.3, -0.25) is 4.79 Å². The van der Waals surface area contributed by atoms with Crippen LogP contribution in [0.2, 0.25) is 5.02 Å². The number of nitrogens with one attached hydrogen (secondary N) is 1. The van der Waals surface area contributed by atoms with Gasteiger partial charge in [0.25, 0.3) is 5.91 Å². The molecule has 1 amide bonds. The van der Waals surface area contributed by atoms with Crippen LogP contribution in [0.5, 0.6) is 0 Å². The maximum absolute atomic E-state index is 13.6. The lowest BCUT2D eigenvalue weighted by atomic mass is 9.91. The first-order chi connectivity index (χ1) is 14.1. The minimum Gasteiger partial charge on any atom is -0.356 e. The van der Waals surface area contributed by atoms with Crippen molar-refractivity contribution in [2.45, 2.75) is 12.5 Å². The Hall–Kier alpha value is -3.11. The van der Waals surface area contributed by atoms with Crippen LogP contribution in [0.1, 0.15) is 33.2 Å². The minimum atomic E-state index is -0.321. The predicted octanol–water partition coefficient (Wildman–Crippen LogP) is 5.75. The molecule has 4 aromatic rings. The number of nitrogens with zero attached hydrogens (tertiary/aromatic N) is 1. The van der Waals surface area contributed by atoms with Gasteiger partial charge in [-0.25, -0.2) is 4.39 Å². The number of para-hydroxylation sites is 1. The summed E-state index contributed by atoms with van der Waals surface area (Å²) in [6, 6.07) is 21.2. The molecule has 3 nitrogen and oxygen atoms in total. The lowest BCUT2D eigenvalue weighted by Crippen LogP contribution is -2.40. The van der Waals surface area contributed by atoms with Crippen LogP contribution in [-0.2, 0) is 6.42 Å². The van der Waals surface area contributed by atoms with E-state index in [2.05, 4.69) is 11.1 Å². The summed E-state index contributed by atoms with van der Waals surface area (Å²) in [7, 11) is 0. The van der Waals surface area contributed by atoms with Gasteiger partial charge in [-0.2, -0.15) is 0 Å². The third-order valence-electron chi connectivity index (χ3n) is 5.55. The molecule has 144 valence electrons. The molecule has 1 aliphatic rings. The Kier molecular flexibility index (Phi) is 4.36. The van der Waals surface area contributed by atoms with E-state index in [9.17, 15) is 9.18 Å². The van der Waals surface area contributed by atoms with Crippen molar-refractivity contribution in [2.75, 3.05) is 6.54 Å². The monoisotopic (exact) mass is 404 g/mol. The summed E-state index contributed by atoms with van der Waals surface area (Å²) in [5.74, 6) is -0.389. The molecule has 0 bridgehead atoms. The Morgan fingerprint density at radius 3 is 2.62 bits per heavy atom. The fourth-order valence-corrected chi connectivity index (χ4v) is 4.43. The molecule has 0 saturated heterocycles. The molecule has 0 radical (unpaired) electrons. The van der Waals surface area contributed by atoms with Gasteiger partial charge in [0.15, 0.2) is 0 Å². The number of carbonyl (C=O) groups excluding carboxylic acids is 1. The van der Waals surface area contributed by atoms with Gasteiger partial charge in [0, 0.05) is 33.7 Å². The molecule has 2 heterocycles. The molecule has 1 aliphatic heterocycles. The van der Waals surface area contributed by atoms with E-state index in [1.807, 2.05) is 23.1 Å². The SMILES string of the molecule is O=C(c1cccc(Cl)c1)N1CCc2c([nH]c3ccccc23)[C@H]1c1ccc(F)cc1. The minimum absolute atomic E-state index is 0.0915. The Balaban J connectivity index is 1.66. The molecule has 29 heavy (non-hydrogen) atoms. The number of aromatic amines is 1. The van der Waals surface area contributed by atoms with E-state index in [0.29, 0.717) is 17.1 Å². The molecular weight excluding hydrogens is 387 g/mol. The summed E-state index contributed by atoms with van der Waals surface area (Å²) >= 11 is 6.11. The normalized spacial score (nSPS) is 16.1. The highest BCUT2D eigenvalue weighted by Crippen LogP contribution is 2.39. The fraction of sp³-hybridized carbons (Fsp3) is 0.125. The highest BCUT2D eigenvalue weighted by Gasteiger charge is 2.35. The summed E-state index contributed by atoms with van der Waals surface area (Å²) in [4.78, 5) is 18.8. The molecule has 0 aliphatic carbocycles. The smallest absolute Gasteiger partial charge is 0.254 e. The van der Waals surface area contributed by atoms with Crippen molar-refractivity contribution in [1.29, 1.82) is 0 Å². The van der Waals surface area contributed by atoms with Crippen molar-refractivity contribution >= 4 is 28.4 Å². The number of amides is 1. The highest BCUT2D eigenvalue weighted by atomic mass is 35.5. The molecule has 0 saturated carbocycles. The highest BCUT2D eigenvalue weighted by molar-refractivity contribution is 6.31. The molecule has 1 atom stereocenters. The van der Waals surface area contributed by atoms with Crippen molar-refractivity contribution in [1.82, 2.24) is 9.88 Å². The molecule has 0 unspecified atom stereocenters. The van der Waals surface area contributed by atoms with E-state index in [4.69, 9.17) is 11.6 Å². The number of halogens is 2. The average molecular weight is 405 g/mol. The second-order valence-electron chi connectivity index (χ2n) is 7.28. The van der Waals surface area contributed by atoms with Crippen LogP contribution in [0.4, 0.5) is 4.39 Å². The zero-order chi connectivity index (χ0) is 20.0. The van der Waals surface area contributed by atoms with Gasteiger partial charge >= 0.3 is 0 Å². The lowest BCUT2D eigenvalue weighted by molar-refractivity contribution is 0.0692. The van der Waals surface area contributed by atoms with E-state index >= 15 is 0 Å². The van der Waals surface area contributed by atoms with Crippen molar-refractivity contribution in [3.63, 3.8) is 0 Å². The van der Waals surface area contributed by atoms with Crippen LogP contribution < -0.4 is 0 Å². The fourth-order valence-electron chi connectivity index (χ4n) is 4.24. The first-order valence-electron chi connectivity index (χ1n) is 9.53. The summed E-state index contributed by atoms with van der Waals surface area (Å²) in [6.45, 7) is 0.572. The largest absolute Gasteiger partial charge is 0.356 e. The van der Waals surface area contributed by atoms with Crippen LogP contribution >= 0.6 is 11.6 Å². The summed E-state index contributed by atoms with van der Waals surface area (Å²) in [5.41, 5.74) is 4.66. The van der Waals surface area contributed by atoms with Gasteiger partial charge in [0.2, 0.25) is 0 Å². The van der Waals surface area contributed by atoms with E-state index in [-0.39, 0.29) is 17.8 Å². The van der Waals surface area contributed by atoms with E-state index < -0.39 is 0 Å². The van der Waals surface area contributed by atoms with Gasteiger partial charge in [0.05, 0.1) is 6.04 Å². The van der Waals surface area contributed by atoms with Crippen molar-refractivity contribution < 1.29 is 9.18 Å². The van der Waals surface area contributed by atoms with Crippen molar-refractivity contribution in [3.8, 4) is 0 Å². The van der Waals surface area contributed by atoms with Crippen LogP contribution in [0.3, 0.4) is 0 Å². The maximum Gasteiger partial charge on any atom is 0.254 e. The average Bonchev–Trinajstić information content (AvgIpc) is 3.12. The second kappa shape index (κ2) is 7.05. The van der Waals surface area contributed by atoms with Crippen LogP contribution in [-0.4, -0.2) is 22.3 Å². The number of carbonyl (C=O) groups is 1. The Morgan fingerprint density at radius 1 is 1.03 bits per heavy atom. The van der Waals surface area contributed by atoms with E-state index in [1.165, 1.54) is 23.1 Å². The van der Waals surface area contributed by atoms with Crippen molar-refractivity contribution in [3.05, 3.63) is 106 Å². The zero-order valence-corrected chi connectivity index (χ0v) is 16.3. The van der Waals surface area contributed by atoms with Gasteiger partial charge in [-0.05, 0) is 53.9 Å². The molecule has 0 spiro atoms. The molecule has 1 N–H and O–H groups in total. The first kappa shape index (κ1) is 18.0. The Morgan fingerprint density at radius 2 is 1.83 bits per heavy atom. The van der Waals surface area contributed by atoms with Gasteiger partial charge in [0.1, 0.15) is 5.82 Å². The summed E-state index contributed by atoms with van der Waals surface area (Å²) in [6.07, 6.45) is 0.753. The Bertz CT molecular complexity index is 1220. The third-order valence-corrected chi connectivity index (χ3v) is 5.79. The number of rotatable bonds is 2. The Labute approximate surface area is 172 Å². The van der Waals surface area contributed by atoms with Crippen LogP contribution in [0, 0.1) is 5.82 Å². The lowest BCUT2D eigenvalue weighted by Gasteiger charge is -2.36. The number of aromatic nitrogens is 1. The molecular formula is C24H18ClFN2O. The molecule has 1 aromatic heterocycles. The van der Waals surface area contributed by atoms with Crippen molar-refractivity contribution in [2.24, 2.45) is 0 Å². The number of fused-ring (bicyclic) bond motifs is 3. The quantitative estimate of drug-likeness (QED) is 0.453. The molecule has 3 aromatic carbocycles. The molecule has 0 fully saturated rings. The number of benzene rings is 3. The zero-order valence-electron chi connectivity index (χ0n) is 15.5. The van der Waals surface area contributed by atoms with Gasteiger partial charge < -0.3 is 9.88 Å². The van der Waals surface area contributed by atoms with Crippen LogP contribution in [0.25, 0.3) is 10.9 Å². The predicted molar refractivity (Wildman–Crippen MR) is 113 cm³/mol.